The van der Waals surface area contributed by atoms with Gasteiger partial charge in [-0.05, 0) is 6.92 Å². The highest BCUT2D eigenvalue weighted by Gasteiger charge is 2.36. The van der Waals surface area contributed by atoms with Crippen LogP contribution in [-0.2, 0) is 9.59 Å². The lowest BCUT2D eigenvalue weighted by molar-refractivity contribution is -0.150. The van der Waals surface area contributed by atoms with E-state index in [1.165, 1.54) is 0 Å². The van der Waals surface area contributed by atoms with Crippen LogP contribution < -0.4 is 5.73 Å². The van der Waals surface area contributed by atoms with Crippen molar-refractivity contribution in [1.82, 2.24) is 0 Å². The van der Waals surface area contributed by atoms with E-state index >= 15 is 0 Å². The van der Waals surface area contributed by atoms with E-state index in [1.807, 2.05) is 0 Å². The van der Waals surface area contributed by atoms with Crippen molar-refractivity contribution in [3.05, 3.63) is 0 Å². The number of Topliss-reactive ketones (excluding diaryl/α,β-unsaturated/α-hetero) is 2. The zero-order valence-electron chi connectivity index (χ0n) is 7.23. The highest BCUT2D eigenvalue weighted by Crippen LogP contribution is 2.06. The molecule has 0 saturated carbocycles. The van der Waals surface area contributed by atoms with Gasteiger partial charge in [-0.25, -0.2) is 0 Å². The standard InChI is InChI=1S/C7H13NO5/c1-7(13,3-8)6(12)5(11)4(10)2-9/h5,9,11,13H,2-3,8H2,1H3/t5-,7-/m1/s1. The summed E-state index contributed by atoms with van der Waals surface area (Å²) < 4.78 is 0. The lowest BCUT2D eigenvalue weighted by Gasteiger charge is -2.21. The molecule has 2 atom stereocenters. The molecule has 0 amide bonds. The summed E-state index contributed by atoms with van der Waals surface area (Å²) in [6.45, 7) is -0.266. The molecular weight excluding hydrogens is 178 g/mol. The molecular formula is C7H13NO5. The van der Waals surface area contributed by atoms with Crippen molar-refractivity contribution in [2.75, 3.05) is 13.2 Å². The monoisotopic (exact) mass is 191 g/mol. The summed E-state index contributed by atoms with van der Waals surface area (Å²) in [4.78, 5) is 21.7. The summed E-state index contributed by atoms with van der Waals surface area (Å²) in [6, 6.07) is 0. The van der Waals surface area contributed by atoms with E-state index in [9.17, 15) is 14.7 Å². The lowest BCUT2D eigenvalue weighted by atomic mass is 9.95. The molecule has 0 unspecified atom stereocenters. The van der Waals surface area contributed by atoms with Gasteiger partial charge in [0.1, 0.15) is 12.2 Å². The Morgan fingerprint density at radius 2 is 2.00 bits per heavy atom. The van der Waals surface area contributed by atoms with Crippen LogP contribution in [0.15, 0.2) is 0 Å². The SMILES string of the molecule is C[C@@](O)(CN)C(=O)[C@H](O)C(=O)CO. The van der Waals surface area contributed by atoms with Crippen molar-refractivity contribution in [3.8, 4) is 0 Å². The Morgan fingerprint density at radius 3 is 2.31 bits per heavy atom. The van der Waals surface area contributed by atoms with Crippen LogP contribution in [0.3, 0.4) is 0 Å². The predicted molar refractivity (Wildman–Crippen MR) is 42.8 cm³/mol. The zero-order valence-corrected chi connectivity index (χ0v) is 7.23. The van der Waals surface area contributed by atoms with E-state index in [2.05, 4.69) is 0 Å². The highest BCUT2D eigenvalue weighted by molar-refractivity contribution is 6.08. The lowest BCUT2D eigenvalue weighted by Crippen LogP contribution is -2.51. The van der Waals surface area contributed by atoms with E-state index in [4.69, 9.17) is 15.9 Å². The summed E-state index contributed by atoms with van der Waals surface area (Å²) in [5.74, 6) is -2.16. The third-order valence-electron chi connectivity index (χ3n) is 1.64. The van der Waals surface area contributed by atoms with E-state index in [0.717, 1.165) is 6.92 Å². The van der Waals surface area contributed by atoms with Gasteiger partial charge in [-0.15, -0.1) is 0 Å². The van der Waals surface area contributed by atoms with E-state index in [1.54, 1.807) is 0 Å². The van der Waals surface area contributed by atoms with Gasteiger partial charge in [-0.1, -0.05) is 0 Å². The Morgan fingerprint density at radius 1 is 1.54 bits per heavy atom. The van der Waals surface area contributed by atoms with Crippen molar-refractivity contribution in [1.29, 1.82) is 0 Å². The number of hydrogen-bond acceptors (Lipinski definition) is 6. The topological polar surface area (TPSA) is 121 Å². The number of aliphatic hydroxyl groups excluding tert-OH is 2. The minimum atomic E-state index is -2.01. The van der Waals surface area contributed by atoms with E-state index in [-0.39, 0.29) is 0 Å². The molecule has 0 aliphatic carbocycles. The molecule has 6 heteroatoms. The number of hydrogen-bond donors (Lipinski definition) is 4. The van der Waals surface area contributed by atoms with Crippen LogP contribution in [0.1, 0.15) is 6.92 Å². The van der Waals surface area contributed by atoms with Gasteiger partial charge in [0.05, 0.1) is 0 Å². The van der Waals surface area contributed by atoms with Crippen LogP contribution in [0.5, 0.6) is 0 Å². The first-order valence-corrected chi connectivity index (χ1v) is 3.65. The number of aliphatic hydroxyl groups is 3. The molecule has 0 bridgehead atoms. The van der Waals surface area contributed by atoms with Gasteiger partial charge >= 0.3 is 0 Å². The van der Waals surface area contributed by atoms with E-state index < -0.39 is 36.4 Å². The maximum Gasteiger partial charge on any atom is 0.201 e. The average molecular weight is 191 g/mol. The zero-order chi connectivity index (χ0) is 10.6. The fraction of sp³-hybridized carbons (Fsp3) is 0.714. The van der Waals surface area contributed by atoms with Crippen molar-refractivity contribution < 1.29 is 24.9 Å². The smallest absolute Gasteiger partial charge is 0.201 e. The summed E-state index contributed by atoms with van der Waals surface area (Å²) >= 11 is 0. The maximum absolute atomic E-state index is 11.1. The third kappa shape index (κ3) is 2.85. The normalized spacial score (nSPS) is 17.6. The molecule has 76 valence electrons. The van der Waals surface area contributed by atoms with Gasteiger partial charge in [0.15, 0.2) is 11.9 Å². The fourth-order valence-electron chi connectivity index (χ4n) is 0.628. The molecule has 0 rings (SSSR count). The van der Waals surface area contributed by atoms with Crippen LogP contribution in [0, 0.1) is 0 Å². The molecule has 0 aromatic rings. The molecule has 13 heavy (non-hydrogen) atoms. The van der Waals surface area contributed by atoms with Crippen LogP contribution in [0.2, 0.25) is 0 Å². The minimum Gasteiger partial charge on any atom is -0.388 e. The number of rotatable bonds is 5. The number of ketones is 2. The molecule has 0 radical (unpaired) electrons. The minimum absolute atomic E-state index is 0.401. The van der Waals surface area contributed by atoms with Crippen LogP contribution in [0.25, 0.3) is 0 Å². The van der Waals surface area contributed by atoms with Gasteiger partial charge in [-0.3, -0.25) is 9.59 Å². The summed E-state index contributed by atoms with van der Waals surface area (Å²) in [5.41, 5.74) is 3.09. The first-order valence-electron chi connectivity index (χ1n) is 3.65. The molecule has 0 aromatic heterocycles. The first kappa shape index (κ1) is 12.2. The van der Waals surface area contributed by atoms with Crippen molar-refractivity contribution >= 4 is 11.6 Å². The van der Waals surface area contributed by atoms with Crippen molar-refractivity contribution in [2.24, 2.45) is 5.73 Å². The highest BCUT2D eigenvalue weighted by atomic mass is 16.3. The Bertz CT molecular complexity index is 213. The van der Waals surface area contributed by atoms with Crippen molar-refractivity contribution in [2.45, 2.75) is 18.6 Å². The molecule has 6 nitrogen and oxygen atoms in total. The van der Waals surface area contributed by atoms with E-state index in [0.29, 0.717) is 0 Å². The van der Waals surface area contributed by atoms with Crippen molar-refractivity contribution in [3.63, 3.8) is 0 Å². The summed E-state index contributed by atoms with van der Waals surface area (Å²) in [6.07, 6.45) is -2.01. The average Bonchev–Trinajstić information content (AvgIpc) is 2.14. The van der Waals surface area contributed by atoms with Gasteiger partial charge in [-0.2, -0.15) is 0 Å². The second-order valence-corrected chi connectivity index (χ2v) is 2.87. The van der Waals surface area contributed by atoms with Gasteiger partial charge in [0.25, 0.3) is 0 Å². The Balaban J connectivity index is 4.52. The molecule has 0 aliphatic rings. The second kappa shape index (κ2) is 4.43. The third-order valence-corrected chi connectivity index (χ3v) is 1.64. The Labute approximate surface area is 75.0 Å². The van der Waals surface area contributed by atoms with Crippen LogP contribution >= 0.6 is 0 Å². The van der Waals surface area contributed by atoms with Crippen LogP contribution in [-0.4, -0.2) is 51.7 Å². The quantitative estimate of drug-likeness (QED) is 0.348. The molecule has 0 heterocycles. The fourth-order valence-corrected chi connectivity index (χ4v) is 0.628. The number of nitrogens with two attached hydrogens (primary N) is 1. The van der Waals surface area contributed by atoms with Gasteiger partial charge in [0, 0.05) is 6.54 Å². The Hall–Kier alpha value is -0.820. The summed E-state index contributed by atoms with van der Waals surface area (Å²) in [7, 11) is 0. The molecule has 0 fully saturated rings. The molecule has 0 saturated heterocycles. The largest absolute Gasteiger partial charge is 0.388 e. The molecule has 0 aromatic carbocycles. The summed E-state index contributed by atoms with van der Waals surface area (Å²) in [5, 5.41) is 26.5. The molecule has 0 spiro atoms. The molecule has 5 N–H and O–H groups in total. The number of carbonyl (C=O) groups excluding carboxylic acids is 2. The predicted octanol–water partition coefficient (Wildman–Crippen LogP) is -2.81. The van der Waals surface area contributed by atoms with Gasteiger partial charge in [0.2, 0.25) is 5.78 Å². The maximum atomic E-state index is 11.1. The first-order chi connectivity index (χ1) is 5.86. The van der Waals surface area contributed by atoms with Crippen LogP contribution in [0.4, 0.5) is 0 Å². The number of carbonyl (C=O) groups is 2. The Kier molecular flexibility index (Phi) is 4.15. The van der Waals surface area contributed by atoms with Gasteiger partial charge < -0.3 is 21.1 Å². The second-order valence-electron chi connectivity index (χ2n) is 2.87. The molecule has 0 aliphatic heterocycles.